The second-order valence-corrected chi connectivity index (χ2v) is 6.03. The zero-order chi connectivity index (χ0) is 15.7. The number of imide groups is 1. The molecule has 2 heterocycles. The van der Waals surface area contributed by atoms with Gasteiger partial charge in [-0.05, 0) is 30.5 Å². The van der Waals surface area contributed by atoms with E-state index in [2.05, 4.69) is 5.32 Å². The quantitative estimate of drug-likeness (QED) is 0.880. The molecule has 0 bridgehead atoms. The van der Waals surface area contributed by atoms with Crippen LogP contribution in [-0.2, 0) is 4.79 Å². The normalized spacial score (nSPS) is 14.9. The van der Waals surface area contributed by atoms with E-state index in [9.17, 15) is 14.4 Å². The highest BCUT2D eigenvalue weighted by Crippen LogP contribution is 2.22. The van der Waals surface area contributed by atoms with Gasteiger partial charge < -0.3 is 5.32 Å². The van der Waals surface area contributed by atoms with Crippen molar-refractivity contribution in [2.75, 3.05) is 6.54 Å². The number of carbonyl (C=O) groups is 3. The van der Waals surface area contributed by atoms with Gasteiger partial charge in [0, 0.05) is 4.88 Å². The molecule has 1 aliphatic heterocycles. The average Bonchev–Trinajstić information content (AvgIpc) is 3.12. The standard InChI is InChI=1S/C16H14N2O3S/c1-10(13-7-4-8-22-13)17-14(19)9-18-15(20)11-5-2-3-6-12(11)16(18)21/h2-8,10H,9H2,1H3,(H,17,19). The average molecular weight is 314 g/mol. The van der Waals surface area contributed by atoms with Crippen LogP contribution in [0.4, 0.5) is 0 Å². The summed E-state index contributed by atoms with van der Waals surface area (Å²) in [5.74, 6) is -1.19. The van der Waals surface area contributed by atoms with Crippen LogP contribution in [0, 0.1) is 0 Å². The summed E-state index contributed by atoms with van der Waals surface area (Å²) >= 11 is 1.54. The Hall–Kier alpha value is -2.47. The number of rotatable bonds is 4. The Balaban J connectivity index is 1.68. The predicted molar refractivity (Wildman–Crippen MR) is 82.7 cm³/mol. The van der Waals surface area contributed by atoms with Gasteiger partial charge >= 0.3 is 0 Å². The van der Waals surface area contributed by atoms with E-state index in [4.69, 9.17) is 0 Å². The van der Waals surface area contributed by atoms with Crippen LogP contribution < -0.4 is 5.32 Å². The lowest BCUT2D eigenvalue weighted by atomic mass is 10.1. The van der Waals surface area contributed by atoms with E-state index < -0.39 is 11.8 Å². The number of carbonyl (C=O) groups excluding carboxylic acids is 3. The summed E-state index contributed by atoms with van der Waals surface area (Å²) in [7, 11) is 0. The van der Waals surface area contributed by atoms with Crippen molar-refractivity contribution in [1.29, 1.82) is 0 Å². The lowest BCUT2D eigenvalue weighted by molar-refractivity contribution is -0.122. The molecule has 1 aromatic heterocycles. The van der Waals surface area contributed by atoms with Gasteiger partial charge in [0.25, 0.3) is 11.8 Å². The molecule has 1 aromatic carbocycles. The highest BCUT2D eigenvalue weighted by atomic mass is 32.1. The van der Waals surface area contributed by atoms with Crippen LogP contribution in [-0.4, -0.2) is 29.2 Å². The molecule has 2 aromatic rings. The van der Waals surface area contributed by atoms with E-state index in [0.717, 1.165) is 9.78 Å². The van der Waals surface area contributed by atoms with Gasteiger partial charge in [0.2, 0.25) is 5.91 Å². The summed E-state index contributed by atoms with van der Waals surface area (Å²) in [5.41, 5.74) is 0.707. The molecular weight excluding hydrogens is 300 g/mol. The highest BCUT2D eigenvalue weighted by molar-refractivity contribution is 7.10. The number of nitrogens with one attached hydrogen (secondary N) is 1. The van der Waals surface area contributed by atoms with Crippen LogP contribution in [0.2, 0.25) is 0 Å². The van der Waals surface area contributed by atoms with Gasteiger partial charge in [-0.15, -0.1) is 11.3 Å². The van der Waals surface area contributed by atoms with Crippen molar-refractivity contribution in [2.45, 2.75) is 13.0 Å². The second-order valence-electron chi connectivity index (χ2n) is 5.05. The number of benzene rings is 1. The Labute approximate surface area is 131 Å². The van der Waals surface area contributed by atoms with Gasteiger partial charge in [0.05, 0.1) is 17.2 Å². The fourth-order valence-corrected chi connectivity index (χ4v) is 3.16. The summed E-state index contributed by atoms with van der Waals surface area (Å²) < 4.78 is 0. The number of nitrogens with zero attached hydrogens (tertiary/aromatic N) is 1. The Morgan fingerprint density at radius 1 is 1.14 bits per heavy atom. The van der Waals surface area contributed by atoms with Gasteiger partial charge in [-0.2, -0.15) is 0 Å². The molecule has 1 unspecified atom stereocenters. The molecule has 0 saturated carbocycles. The SMILES string of the molecule is CC(NC(=O)CN1C(=O)c2ccccc2C1=O)c1cccs1. The largest absolute Gasteiger partial charge is 0.347 e. The number of hydrogen-bond donors (Lipinski definition) is 1. The predicted octanol–water partition coefficient (Wildman–Crippen LogP) is 2.22. The van der Waals surface area contributed by atoms with Crippen LogP contribution in [0.5, 0.6) is 0 Å². The van der Waals surface area contributed by atoms with E-state index in [-0.39, 0.29) is 18.5 Å². The van der Waals surface area contributed by atoms with Gasteiger partial charge in [0.1, 0.15) is 6.54 Å². The van der Waals surface area contributed by atoms with Crippen molar-refractivity contribution >= 4 is 29.1 Å². The number of amides is 3. The third-order valence-electron chi connectivity index (χ3n) is 3.53. The van der Waals surface area contributed by atoms with Gasteiger partial charge in [0.15, 0.2) is 0 Å². The Morgan fingerprint density at radius 2 is 1.77 bits per heavy atom. The highest BCUT2D eigenvalue weighted by Gasteiger charge is 2.36. The first-order valence-corrected chi connectivity index (χ1v) is 7.74. The molecule has 112 valence electrons. The van der Waals surface area contributed by atoms with Crippen LogP contribution >= 0.6 is 11.3 Å². The van der Waals surface area contributed by atoms with E-state index >= 15 is 0 Å². The lowest BCUT2D eigenvalue weighted by Crippen LogP contribution is -2.41. The minimum Gasteiger partial charge on any atom is -0.347 e. The lowest BCUT2D eigenvalue weighted by Gasteiger charge is -2.16. The van der Waals surface area contributed by atoms with Gasteiger partial charge in [-0.1, -0.05) is 18.2 Å². The van der Waals surface area contributed by atoms with Crippen molar-refractivity contribution in [1.82, 2.24) is 10.2 Å². The van der Waals surface area contributed by atoms with Gasteiger partial charge in [-0.3, -0.25) is 19.3 Å². The fourth-order valence-electron chi connectivity index (χ4n) is 2.42. The molecule has 22 heavy (non-hydrogen) atoms. The molecule has 0 spiro atoms. The summed E-state index contributed by atoms with van der Waals surface area (Å²) in [5, 5.41) is 4.74. The molecule has 1 atom stereocenters. The third kappa shape index (κ3) is 2.53. The first kappa shape index (κ1) is 14.5. The van der Waals surface area contributed by atoms with E-state index in [1.54, 1.807) is 35.6 Å². The first-order chi connectivity index (χ1) is 10.6. The van der Waals surface area contributed by atoms with Crippen molar-refractivity contribution in [3.8, 4) is 0 Å². The van der Waals surface area contributed by atoms with Crippen molar-refractivity contribution in [3.63, 3.8) is 0 Å². The minimum absolute atomic E-state index is 0.150. The molecule has 0 radical (unpaired) electrons. The monoisotopic (exact) mass is 314 g/mol. The van der Waals surface area contributed by atoms with Crippen LogP contribution in [0.1, 0.15) is 38.6 Å². The molecule has 6 heteroatoms. The molecule has 1 N–H and O–H groups in total. The molecule has 5 nitrogen and oxygen atoms in total. The Kier molecular flexibility index (Phi) is 3.77. The zero-order valence-electron chi connectivity index (χ0n) is 11.9. The number of hydrogen-bond acceptors (Lipinski definition) is 4. The summed E-state index contributed by atoms with van der Waals surface area (Å²) in [6, 6.07) is 10.3. The Bertz CT molecular complexity index is 705. The van der Waals surface area contributed by atoms with Crippen LogP contribution in [0.3, 0.4) is 0 Å². The zero-order valence-corrected chi connectivity index (χ0v) is 12.7. The molecule has 0 aliphatic carbocycles. The molecule has 0 fully saturated rings. The third-order valence-corrected chi connectivity index (χ3v) is 4.58. The smallest absolute Gasteiger partial charge is 0.262 e. The fraction of sp³-hybridized carbons (Fsp3) is 0.188. The summed E-state index contributed by atoms with van der Waals surface area (Å²) in [6.45, 7) is 1.61. The van der Waals surface area contributed by atoms with Crippen molar-refractivity contribution in [3.05, 3.63) is 57.8 Å². The topological polar surface area (TPSA) is 66.5 Å². The van der Waals surface area contributed by atoms with Crippen LogP contribution in [0.25, 0.3) is 0 Å². The maximum Gasteiger partial charge on any atom is 0.262 e. The molecule has 3 amide bonds. The molecular formula is C16H14N2O3S. The first-order valence-electron chi connectivity index (χ1n) is 6.86. The van der Waals surface area contributed by atoms with E-state index in [1.807, 2.05) is 24.4 Å². The molecule has 0 saturated heterocycles. The maximum absolute atomic E-state index is 12.2. The molecule has 3 rings (SSSR count). The van der Waals surface area contributed by atoms with Gasteiger partial charge in [-0.25, -0.2) is 0 Å². The Morgan fingerprint density at radius 3 is 2.32 bits per heavy atom. The number of thiophene rings is 1. The van der Waals surface area contributed by atoms with E-state index in [0.29, 0.717) is 11.1 Å². The summed E-state index contributed by atoms with van der Waals surface area (Å²) in [6.07, 6.45) is 0. The second kappa shape index (κ2) is 5.73. The molecule has 1 aliphatic rings. The van der Waals surface area contributed by atoms with Crippen LogP contribution in [0.15, 0.2) is 41.8 Å². The van der Waals surface area contributed by atoms with Crippen molar-refractivity contribution < 1.29 is 14.4 Å². The summed E-state index contributed by atoms with van der Waals surface area (Å²) in [4.78, 5) is 38.5. The number of fused-ring (bicyclic) bond motifs is 1. The maximum atomic E-state index is 12.2. The minimum atomic E-state index is -0.417. The van der Waals surface area contributed by atoms with E-state index in [1.165, 1.54) is 0 Å². The van der Waals surface area contributed by atoms with Crippen molar-refractivity contribution in [2.24, 2.45) is 0 Å².